The standard InChI is InChI=1S/C16H18N2O2/c1-13-2-4-15(5-3-13)18(12-16(19)20)11-8-14-6-9-17-10-7-14/h2-7,9-10H,8,11-12H2,1H3,(H,19,20). The van der Waals surface area contributed by atoms with Crippen molar-refractivity contribution in [1.29, 1.82) is 0 Å². The molecule has 0 amide bonds. The summed E-state index contributed by atoms with van der Waals surface area (Å²) in [6.07, 6.45) is 4.30. The lowest BCUT2D eigenvalue weighted by Gasteiger charge is -2.23. The van der Waals surface area contributed by atoms with E-state index in [2.05, 4.69) is 4.98 Å². The van der Waals surface area contributed by atoms with E-state index < -0.39 is 5.97 Å². The summed E-state index contributed by atoms with van der Waals surface area (Å²) in [7, 11) is 0. The SMILES string of the molecule is Cc1ccc(N(CCc2ccncc2)CC(=O)O)cc1. The molecule has 0 saturated carbocycles. The molecule has 0 radical (unpaired) electrons. The first-order valence-electron chi connectivity index (χ1n) is 6.57. The molecule has 0 unspecified atom stereocenters. The third-order valence-electron chi connectivity index (χ3n) is 3.14. The summed E-state index contributed by atoms with van der Waals surface area (Å²) in [5.41, 5.74) is 3.26. The highest BCUT2D eigenvalue weighted by molar-refractivity contribution is 5.73. The molecule has 0 fully saturated rings. The van der Waals surface area contributed by atoms with Gasteiger partial charge in [0, 0.05) is 24.6 Å². The first-order chi connectivity index (χ1) is 9.65. The zero-order chi connectivity index (χ0) is 14.4. The second-order valence-corrected chi connectivity index (χ2v) is 4.76. The molecular formula is C16H18N2O2. The normalized spacial score (nSPS) is 10.2. The Balaban J connectivity index is 2.07. The molecule has 1 aromatic carbocycles. The number of pyridine rings is 1. The lowest BCUT2D eigenvalue weighted by molar-refractivity contribution is -0.135. The maximum absolute atomic E-state index is 11.0. The van der Waals surface area contributed by atoms with Gasteiger partial charge in [-0.15, -0.1) is 0 Å². The minimum atomic E-state index is -0.819. The van der Waals surface area contributed by atoms with Crippen LogP contribution in [0, 0.1) is 6.92 Å². The number of anilines is 1. The van der Waals surface area contributed by atoms with Crippen LogP contribution < -0.4 is 4.90 Å². The highest BCUT2D eigenvalue weighted by Crippen LogP contribution is 2.15. The van der Waals surface area contributed by atoms with E-state index in [4.69, 9.17) is 5.11 Å². The second-order valence-electron chi connectivity index (χ2n) is 4.76. The number of hydrogen-bond donors (Lipinski definition) is 1. The summed E-state index contributed by atoms with van der Waals surface area (Å²) >= 11 is 0. The third-order valence-corrected chi connectivity index (χ3v) is 3.14. The molecule has 0 saturated heterocycles. The Hall–Kier alpha value is -2.36. The molecule has 0 aliphatic carbocycles. The fourth-order valence-electron chi connectivity index (χ4n) is 2.03. The predicted octanol–water partition coefficient (Wildman–Crippen LogP) is 2.52. The van der Waals surface area contributed by atoms with Crippen molar-refractivity contribution in [3.8, 4) is 0 Å². The molecule has 1 N–H and O–H groups in total. The number of aryl methyl sites for hydroxylation is 1. The maximum atomic E-state index is 11.0. The van der Waals surface area contributed by atoms with Crippen LogP contribution in [0.15, 0.2) is 48.8 Å². The van der Waals surface area contributed by atoms with Crippen molar-refractivity contribution in [2.24, 2.45) is 0 Å². The summed E-state index contributed by atoms with van der Waals surface area (Å²) < 4.78 is 0. The van der Waals surface area contributed by atoms with Crippen LogP contribution in [-0.4, -0.2) is 29.1 Å². The van der Waals surface area contributed by atoms with Crippen molar-refractivity contribution >= 4 is 11.7 Å². The smallest absolute Gasteiger partial charge is 0.323 e. The highest BCUT2D eigenvalue weighted by Gasteiger charge is 2.10. The number of aromatic nitrogens is 1. The number of carboxylic acid groups (broad SMARTS) is 1. The Kier molecular flexibility index (Phi) is 4.71. The van der Waals surface area contributed by atoms with Crippen molar-refractivity contribution < 1.29 is 9.90 Å². The Labute approximate surface area is 118 Å². The number of carboxylic acids is 1. The molecule has 4 heteroatoms. The lowest BCUT2D eigenvalue weighted by atomic mass is 10.1. The fraction of sp³-hybridized carbons (Fsp3) is 0.250. The minimum absolute atomic E-state index is 0.00808. The van der Waals surface area contributed by atoms with E-state index in [0.717, 1.165) is 23.2 Å². The van der Waals surface area contributed by atoms with Crippen molar-refractivity contribution in [2.45, 2.75) is 13.3 Å². The zero-order valence-corrected chi connectivity index (χ0v) is 11.5. The van der Waals surface area contributed by atoms with E-state index in [9.17, 15) is 4.79 Å². The molecule has 4 nitrogen and oxygen atoms in total. The van der Waals surface area contributed by atoms with Gasteiger partial charge in [-0.2, -0.15) is 0 Å². The number of nitrogens with zero attached hydrogens (tertiary/aromatic N) is 2. The average molecular weight is 270 g/mol. The second kappa shape index (κ2) is 6.70. The summed E-state index contributed by atoms with van der Waals surface area (Å²) in [6, 6.07) is 11.8. The van der Waals surface area contributed by atoms with Crippen LogP contribution in [0.5, 0.6) is 0 Å². The van der Waals surface area contributed by atoms with Gasteiger partial charge in [-0.3, -0.25) is 9.78 Å². The molecule has 104 valence electrons. The van der Waals surface area contributed by atoms with Gasteiger partial charge in [0.25, 0.3) is 0 Å². The monoisotopic (exact) mass is 270 g/mol. The Morgan fingerprint density at radius 1 is 1.15 bits per heavy atom. The Morgan fingerprint density at radius 2 is 1.80 bits per heavy atom. The summed E-state index contributed by atoms with van der Waals surface area (Å²) in [6.45, 7) is 2.69. The number of benzene rings is 1. The maximum Gasteiger partial charge on any atom is 0.323 e. The van der Waals surface area contributed by atoms with Crippen LogP contribution in [-0.2, 0) is 11.2 Å². The highest BCUT2D eigenvalue weighted by atomic mass is 16.4. The van der Waals surface area contributed by atoms with E-state index in [1.165, 1.54) is 0 Å². The molecule has 0 spiro atoms. The van der Waals surface area contributed by atoms with Gasteiger partial charge in [0.15, 0.2) is 0 Å². The van der Waals surface area contributed by atoms with E-state index >= 15 is 0 Å². The topological polar surface area (TPSA) is 53.4 Å². The molecule has 1 aromatic heterocycles. The van der Waals surface area contributed by atoms with Gasteiger partial charge >= 0.3 is 5.97 Å². The van der Waals surface area contributed by atoms with Crippen molar-refractivity contribution in [2.75, 3.05) is 18.0 Å². The van der Waals surface area contributed by atoms with Crippen molar-refractivity contribution in [3.63, 3.8) is 0 Å². The van der Waals surface area contributed by atoms with Gasteiger partial charge in [0.1, 0.15) is 6.54 Å². The van der Waals surface area contributed by atoms with Gasteiger partial charge in [0.05, 0.1) is 0 Å². The number of aliphatic carboxylic acids is 1. The van der Waals surface area contributed by atoms with Gasteiger partial charge in [0.2, 0.25) is 0 Å². The molecule has 2 aromatic rings. The van der Waals surface area contributed by atoms with Crippen LogP contribution in [0.4, 0.5) is 5.69 Å². The summed E-state index contributed by atoms with van der Waals surface area (Å²) in [5, 5.41) is 9.05. The average Bonchev–Trinajstić information content (AvgIpc) is 2.45. The fourth-order valence-corrected chi connectivity index (χ4v) is 2.03. The molecule has 0 atom stereocenters. The summed E-state index contributed by atoms with van der Waals surface area (Å²) in [5.74, 6) is -0.819. The predicted molar refractivity (Wildman–Crippen MR) is 79.0 cm³/mol. The molecule has 0 aliphatic heterocycles. The Morgan fingerprint density at radius 3 is 2.40 bits per heavy atom. The van der Waals surface area contributed by atoms with Gasteiger partial charge in [-0.25, -0.2) is 0 Å². The lowest BCUT2D eigenvalue weighted by Crippen LogP contribution is -2.31. The van der Waals surface area contributed by atoms with E-state index in [1.54, 1.807) is 12.4 Å². The first kappa shape index (κ1) is 14.1. The van der Waals surface area contributed by atoms with E-state index in [0.29, 0.717) is 6.54 Å². The number of rotatable bonds is 6. The van der Waals surface area contributed by atoms with Crippen LogP contribution in [0.25, 0.3) is 0 Å². The molecule has 0 bridgehead atoms. The summed E-state index contributed by atoms with van der Waals surface area (Å²) in [4.78, 5) is 16.9. The zero-order valence-electron chi connectivity index (χ0n) is 11.5. The third kappa shape index (κ3) is 4.09. The van der Waals surface area contributed by atoms with Crippen LogP contribution >= 0.6 is 0 Å². The number of hydrogen-bond acceptors (Lipinski definition) is 3. The van der Waals surface area contributed by atoms with E-state index in [-0.39, 0.29) is 6.54 Å². The molecular weight excluding hydrogens is 252 g/mol. The molecule has 1 heterocycles. The van der Waals surface area contributed by atoms with Crippen LogP contribution in [0.2, 0.25) is 0 Å². The van der Waals surface area contributed by atoms with E-state index in [1.807, 2.05) is 48.2 Å². The minimum Gasteiger partial charge on any atom is -0.480 e. The van der Waals surface area contributed by atoms with Crippen molar-refractivity contribution in [1.82, 2.24) is 4.98 Å². The van der Waals surface area contributed by atoms with Crippen LogP contribution in [0.3, 0.4) is 0 Å². The number of carbonyl (C=O) groups is 1. The van der Waals surface area contributed by atoms with Crippen molar-refractivity contribution in [3.05, 3.63) is 59.9 Å². The van der Waals surface area contributed by atoms with Gasteiger partial charge in [-0.1, -0.05) is 17.7 Å². The Bertz CT molecular complexity index is 552. The largest absolute Gasteiger partial charge is 0.480 e. The van der Waals surface area contributed by atoms with Gasteiger partial charge < -0.3 is 10.0 Å². The van der Waals surface area contributed by atoms with Gasteiger partial charge in [-0.05, 0) is 43.2 Å². The molecule has 2 rings (SSSR count). The quantitative estimate of drug-likeness (QED) is 0.876. The molecule has 20 heavy (non-hydrogen) atoms. The first-order valence-corrected chi connectivity index (χ1v) is 6.57. The molecule has 0 aliphatic rings. The van der Waals surface area contributed by atoms with Crippen LogP contribution in [0.1, 0.15) is 11.1 Å².